The number of esters is 2. The van der Waals surface area contributed by atoms with Gasteiger partial charge in [0.15, 0.2) is 0 Å². The fourth-order valence-corrected chi connectivity index (χ4v) is 5.69. The van der Waals surface area contributed by atoms with Crippen LogP contribution in [0.3, 0.4) is 0 Å². The van der Waals surface area contributed by atoms with Gasteiger partial charge in [0.25, 0.3) is 0 Å². The Morgan fingerprint density at radius 3 is 2.35 bits per heavy atom. The van der Waals surface area contributed by atoms with Crippen LogP contribution in [0, 0.1) is 17.8 Å². The van der Waals surface area contributed by atoms with E-state index in [4.69, 9.17) is 14.2 Å². The number of rotatable bonds is 5. The average Bonchev–Trinajstić information content (AvgIpc) is 3.15. The molecule has 1 saturated carbocycles. The molecule has 3 aliphatic rings. The molecule has 4 atom stereocenters. The van der Waals surface area contributed by atoms with Crippen molar-refractivity contribution in [1.82, 2.24) is 4.90 Å². The molecular weight excluding hydrogens is 398 g/mol. The van der Waals surface area contributed by atoms with Crippen LogP contribution in [0.4, 0.5) is 0 Å². The van der Waals surface area contributed by atoms with Crippen LogP contribution < -0.4 is 0 Å². The van der Waals surface area contributed by atoms with E-state index in [-0.39, 0.29) is 41.8 Å². The van der Waals surface area contributed by atoms with Gasteiger partial charge in [0.2, 0.25) is 5.91 Å². The number of likely N-dealkylation sites (tertiary alicyclic amines) is 1. The van der Waals surface area contributed by atoms with Crippen LogP contribution in [0.15, 0.2) is 0 Å². The summed E-state index contributed by atoms with van der Waals surface area (Å²) in [6.45, 7) is 9.88. The molecule has 2 saturated heterocycles. The third-order valence-corrected chi connectivity index (χ3v) is 6.86. The van der Waals surface area contributed by atoms with Crippen molar-refractivity contribution >= 4 is 17.8 Å². The van der Waals surface area contributed by atoms with Gasteiger partial charge in [-0.1, -0.05) is 19.3 Å². The molecule has 1 unspecified atom stereocenters. The van der Waals surface area contributed by atoms with E-state index in [0.29, 0.717) is 13.0 Å². The lowest BCUT2D eigenvalue weighted by molar-refractivity contribution is -0.161. The lowest BCUT2D eigenvalue weighted by Gasteiger charge is -2.35. The van der Waals surface area contributed by atoms with Crippen molar-refractivity contribution in [3.05, 3.63) is 0 Å². The Morgan fingerprint density at radius 2 is 1.77 bits per heavy atom. The van der Waals surface area contributed by atoms with Crippen molar-refractivity contribution in [3.8, 4) is 0 Å². The Hall–Kier alpha value is -1.63. The van der Waals surface area contributed by atoms with Gasteiger partial charge >= 0.3 is 11.9 Å². The quantitative estimate of drug-likeness (QED) is 0.613. The number of ether oxygens (including phenoxy) is 3. The number of fused-ring (bicyclic) bond motifs is 1. The van der Waals surface area contributed by atoms with Gasteiger partial charge in [0.1, 0.15) is 11.6 Å². The molecule has 0 radical (unpaired) electrons. The molecule has 7 nitrogen and oxygen atoms in total. The van der Waals surface area contributed by atoms with Gasteiger partial charge in [-0.25, -0.2) is 4.79 Å². The van der Waals surface area contributed by atoms with E-state index < -0.39 is 23.5 Å². The highest BCUT2D eigenvalue weighted by atomic mass is 16.6. The van der Waals surface area contributed by atoms with Gasteiger partial charge in [-0.3, -0.25) is 9.59 Å². The maximum atomic E-state index is 13.8. The van der Waals surface area contributed by atoms with Crippen molar-refractivity contribution < 1.29 is 28.6 Å². The zero-order valence-corrected chi connectivity index (χ0v) is 19.9. The van der Waals surface area contributed by atoms with Crippen molar-refractivity contribution in [2.45, 2.75) is 103 Å². The Labute approximate surface area is 186 Å². The van der Waals surface area contributed by atoms with Crippen LogP contribution in [0.1, 0.15) is 79.6 Å². The molecule has 0 aromatic rings. The Morgan fingerprint density at radius 1 is 1.13 bits per heavy atom. The highest BCUT2D eigenvalue weighted by Gasteiger charge is 2.56. The predicted molar refractivity (Wildman–Crippen MR) is 115 cm³/mol. The highest BCUT2D eigenvalue weighted by molar-refractivity contribution is 5.89. The summed E-state index contributed by atoms with van der Waals surface area (Å²) in [4.78, 5) is 40.9. The van der Waals surface area contributed by atoms with Crippen LogP contribution in [0.2, 0.25) is 0 Å². The summed E-state index contributed by atoms with van der Waals surface area (Å²) in [5.41, 5.74) is -0.925. The standard InChI is InChI=1S/C24H39NO6/c1-23(2,3)31-19(26)12-16(15-10-8-7-9-11-15)21(27)25-14-18-17(13-24(4,5)30-18)20(25)22(28)29-6/h15-18,20H,7-14H2,1-6H3/t16-,17-,18?,20-/m0/s1. The summed E-state index contributed by atoms with van der Waals surface area (Å²) in [7, 11) is 1.36. The van der Waals surface area contributed by atoms with Crippen molar-refractivity contribution in [2.24, 2.45) is 17.8 Å². The minimum Gasteiger partial charge on any atom is -0.467 e. The van der Waals surface area contributed by atoms with E-state index in [1.807, 2.05) is 34.6 Å². The highest BCUT2D eigenvalue weighted by Crippen LogP contribution is 2.44. The lowest BCUT2D eigenvalue weighted by Crippen LogP contribution is -2.49. The first-order chi connectivity index (χ1) is 14.4. The van der Waals surface area contributed by atoms with Crippen molar-refractivity contribution in [1.29, 1.82) is 0 Å². The molecule has 0 aromatic carbocycles. The summed E-state index contributed by atoms with van der Waals surface area (Å²) < 4.78 is 16.8. The number of hydrogen-bond donors (Lipinski definition) is 0. The fraction of sp³-hybridized carbons (Fsp3) is 0.875. The van der Waals surface area contributed by atoms with E-state index in [1.165, 1.54) is 7.11 Å². The second-order valence-corrected chi connectivity index (χ2v) is 11.0. The second-order valence-electron chi connectivity index (χ2n) is 11.0. The van der Waals surface area contributed by atoms with Gasteiger partial charge in [-0.05, 0) is 59.8 Å². The number of carbonyl (C=O) groups is 3. The molecule has 3 rings (SSSR count). The van der Waals surface area contributed by atoms with Gasteiger partial charge in [-0.15, -0.1) is 0 Å². The first-order valence-electron chi connectivity index (χ1n) is 11.7. The van der Waals surface area contributed by atoms with Crippen LogP contribution in [0.5, 0.6) is 0 Å². The Balaban J connectivity index is 1.83. The minimum atomic E-state index is -0.658. The zero-order valence-electron chi connectivity index (χ0n) is 19.9. The summed E-state index contributed by atoms with van der Waals surface area (Å²) in [5.74, 6) is -1.33. The molecule has 7 heteroatoms. The molecule has 2 aliphatic heterocycles. The molecule has 0 bridgehead atoms. The normalized spacial score (nSPS) is 29.4. The molecule has 0 aromatic heterocycles. The smallest absolute Gasteiger partial charge is 0.328 e. The van der Waals surface area contributed by atoms with Gasteiger partial charge < -0.3 is 19.1 Å². The third kappa shape index (κ3) is 5.60. The number of hydrogen-bond acceptors (Lipinski definition) is 6. The molecule has 1 aliphatic carbocycles. The van der Waals surface area contributed by atoms with Gasteiger partial charge in [0, 0.05) is 12.5 Å². The van der Waals surface area contributed by atoms with E-state index in [1.54, 1.807) is 4.90 Å². The average molecular weight is 438 g/mol. The summed E-state index contributed by atoms with van der Waals surface area (Å²) >= 11 is 0. The molecular formula is C24H39NO6. The summed E-state index contributed by atoms with van der Waals surface area (Å²) in [5, 5.41) is 0. The van der Waals surface area contributed by atoms with Gasteiger partial charge in [0.05, 0.1) is 31.2 Å². The maximum absolute atomic E-state index is 13.8. The van der Waals surface area contributed by atoms with E-state index >= 15 is 0 Å². The molecule has 176 valence electrons. The lowest BCUT2D eigenvalue weighted by atomic mass is 9.77. The zero-order chi connectivity index (χ0) is 23.0. The largest absolute Gasteiger partial charge is 0.467 e. The first kappa shape index (κ1) is 24.0. The third-order valence-electron chi connectivity index (χ3n) is 6.86. The summed E-state index contributed by atoms with van der Waals surface area (Å²) in [6.07, 6.45) is 5.69. The number of amides is 1. The van der Waals surface area contributed by atoms with E-state index in [2.05, 4.69) is 0 Å². The van der Waals surface area contributed by atoms with Crippen molar-refractivity contribution in [2.75, 3.05) is 13.7 Å². The van der Waals surface area contributed by atoms with Crippen LogP contribution in [-0.2, 0) is 28.6 Å². The molecule has 0 spiro atoms. The predicted octanol–water partition coefficient (Wildman–Crippen LogP) is 3.48. The van der Waals surface area contributed by atoms with E-state index in [9.17, 15) is 14.4 Å². The summed E-state index contributed by atoms with van der Waals surface area (Å²) in [6, 6.07) is -0.658. The molecule has 3 fully saturated rings. The van der Waals surface area contributed by atoms with Gasteiger partial charge in [-0.2, -0.15) is 0 Å². The fourth-order valence-electron chi connectivity index (χ4n) is 5.69. The monoisotopic (exact) mass is 437 g/mol. The molecule has 1 amide bonds. The van der Waals surface area contributed by atoms with E-state index in [0.717, 1.165) is 32.1 Å². The number of nitrogens with zero attached hydrogens (tertiary/aromatic N) is 1. The van der Waals surface area contributed by atoms with Crippen LogP contribution in [0.25, 0.3) is 0 Å². The molecule has 2 heterocycles. The second kappa shape index (κ2) is 9.08. The topological polar surface area (TPSA) is 82.1 Å². The maximum Gasteiger partial charge on any atom is 0.328 e. The minimum absolute atomic E-state index is 0.0485. The Kier molecular flexibility index (Phi) is 7.04. The molecule has 0 N–H and O–H groups in total. The first-order valence-corrected chi connectivity index (χ1v) is 11.7. The SMILES string of the molecule is COC(=O)[C@@H]1[C@H]2CC(C)(C)OC2CN1C(=O)[C@@H](CC(=O)OC(C)(C)C)C1CCCCC1. The molecule has 31 heavy (non-hydrogen) atoms. The van der Waals surface area contributed by atoms with Crippen molar-refractivity contribution in [3.63, 3.8) is 0 Å². The number of methoxy groups -OCH3 is 1. The number of carbonyl (C=O) groups excluding carboxylic acids is 3. The Bertz CT molecular complexity index is 691. The van der Waals surface area contributed by atoms with Crippen LogP contribution in [-0.4, -0.2) is 59.7 Å². The van der Waals surface area contributed by atoms with Crippen LogP contribution >= 0.6 is 0 Å².